The molecule has 1 aliphatic heterocycles. The van der Waals surface area contributed by atoms with E-state index in [2.05, 4.69) is 49.1 Å². The lowest BCUT2D eigenvalue weighted by molar-refractivity contribution is 0.235. The van der Waals surface area contributed by atoms with E-state index >= 15 is 0 Å². The smallest absolute Gasteiger partial charge is 0.198 e. The van der Waals surface area contributed by atoms with Gasteiger partial charge in [-0.05, 0) is 12.1 Å². The highest BCUT2D eigenvalue weighted by molar-refractivity contribution is 5.79. The van der Waals surface area contributed by atoms with E-state index in [0.717, 1.165) is 11.4 Å². The van der Waals surface area contributed by atoms with Crippen molar-refractivity contribution in [3.8, 4) is 5.75 Å². The molecular weight excluding hydrogens is 236 g/mol. The Morgan fingerprint density at radius 3 is 2.42 bits per heavy atom. The van der Waals surface area contributed by atoms with Gasteiger partial charge in [-0.1, -0.05) is 36.4 Å². The maximum absolute atomic E-state index is 6.10. The molecular formula is C16H18N2O. The number of nitrogens with zero attached hydrogens (tertiary/aromatic N) is 2. The molecule has 3 rings (SSSR count). The topological polar surface area (TPSA) is 15.7 Å². The van der Waals surface area contributed by atoms with Crippen LogP contribution in [0.1, 0.15) is 11.8 Å². The summed E-state index contributed by atoms with van der Waals surface area (Å²) in [5.41, 5.74) is 3.51. The number of hydrogen-bond acceptors (Lipinski definition) is 3. The first-order valence-electron chi connectivity index (χ1n) is 6.43. The van der Waals surface area contributed by atoms with Crippen LogP contribution in [0.5, 0.6) is 5.75 Å². The van der Waals surface area contributed by atoms with E-state index in [-0.39, 0.29) is 6.23 Å². The maximum Gasteiger partial charge on any atom is 0.198 e. The molecule has 2 aromatic rings. The second-order valence-corrected chi connectivity index (χ2v) is 5.01. The van der Waals surface area contributed by atoms with E-state index in [1.165, 1.54) is 11.3 Å². The van der Waals surface area contributed by atoms with Crippen LogP contribution in [0.25, 0.3) is 0 Å². The van der Waals surface area contributed by atoms with Gasteiger partial charge in [0.05, 0.1) is 5.69 Å². The summed E-state index contributed by atoms with van der Waals surface area (Å²) >= 11 is 0. The van der Waals surface area contributed by atoms with Crippen molar-refractivity contribution in [2.45, 2.75) is 6.23 Å². The molecule has 0 fully saturated rings. The zero-order chi connectivity index (χ0) is 13.4. The minimum absolute atomic E-state index is 0.0442. The van der Waals surface area contributed by atoms with Gasteiger partial charge in [0.25, 0.3) is 0 Å². The van der Waals surface area contributed by atoms with Crippen molar-refractivity contribution >= 4 is 11.4 Å². The molecule has 1 atom stereocenters. The lowest BCUT2D eigenvalue weighted by atomic mass is 10.2. The molecule has 1 unspecified atom stereocenters. The summed E-state index contributed by atoms with van der Waals surface area (Å²) in [6.45, 7) is 0. The molecule has 1 heterocycles. The Bertz CT molecular complexity index is 581. The number of fused-ring (bicyclic) bond motifs is 1. The van der Waals surface area contributed by atoms with Gasteiger partial charge in [0, 0.05) is 26.7 Å². The van der Waals surface area contributed by atoms with Crippen LogP contribution in [0.2, 0.25) is 0 Å². The largest absolute Gasteiger partial charge is 0.464 e. The predicted octanol–water partition coefficient (Wildman–Crippen LogP) is 3.28. The molecule has 0 aliphatic carbocycles. The van der Waals surface area contributed by atoms with Gasteiger partial charge >= 0.3 is 0 Å². The Morgan fingerprint density at radius 1 is 1.00 bits per heavy atom. The highest BCUT2D eigenvalue weighted by atomic mass is 16.5. The fourth-order valence-corrected chi connectivity index (χ4v) is 2.55. The first-order chi connectivity index (χ1) is 9.18. The summed E-state index contributed by atoms with van der Waals surface area (Å²) in [6.07, 6.45) is -0.0442. The lowest BCUT2D eigenvalue weighted by Gasteiger charge is -2.24. The minimum Gasteiger partial charge on any atom is -0.464 e. The zero-order valence-corrected chi connectivity index (χ0v) is 11.5. The SMILES string of the molecule is CN(C)c1cccc2c1N(C)C(c1ccccc1)O2. The van der Waals surface area contributed by atoms with Crippen LogP contribution in [0, 0.1) is 0 Å². The molecule has 0 bridgehead atoms. The average Bonchev–Trinajstić information content (AvgIpc) is 2.77. The molecule has 98 valence electrons. The van der Waals surface area contributed by atoms with Crippen molar-refractivity contribution in [3.05, 3.63) is 54.1 Å². The van der Waals surface area contributed by atoms with Crippen LogP contribution in [0.15, 0.2) is 48.5 Å². The Kier molecular flexibility index (Phi) is 2.82. The monoisotopic (exact) mass is 254 g/mol. The Hall–Kier alpha value is -2.16. The maximum atomic E-state index is 6.10. The van der Waals surface area contributed by atoms with Gasteiger partial charge in [-0.2, -0.15) is 0 Å². The van der Waals surface area contributed by atoms with Crippen LogP contribution in [0.3, 0.4) is 0 Å². The normalized spacial score (nSPS) is 17.0. The van der Waals surface area contributed by atoms with Gasteiger partial charge in [0.15, 0.2) is 6.23 Å². The first kappa shape index (κ1) is 11.9. The summed E-state index contributed by atoms with van der Waals surface area (Å²) in [6, 6.07) is 16.5. The van der Waals surface area contributed by atoms with E-state index < -0.39 is 0 Å². The molecule has 0 aromatic heterocycles. The summed E-state index contributed by atoms with van der Waals surface area (Å²) in [5.74, 6) is 0.947. The van der Waals surface area contributed by atoms with Crippen molar-refractivity contribution in [1.29, 1.82) is 0 Å². The third-order valence-corrected chi connectivity index (χ3v) is 3.49. The van der Waals surface area contributed by atoms with E-state index in [1.807, 2.05) is 30.3 Å². The van der Waals surface area contributed by atoms with Crippen LogP contribution in [-0.4, -0.2) is 21.1 Å². The second-order valence-electron chi connectivity index (χ2n) is 5.01. The molecule has 0 radical (unpaired) electrons. The van der Waals surface area contributed by atoms with Gasteiger partial charge < -0.3 is 14.5 Å². The van der Waals surface area contributed by atoms with Crippen molar-refractivity contribution in [2.75, 3.05) is 30.9 Å². The van der Waals surface area contributed by atoms with Gasteiger partial charge in [-0.25, -0.2) is 0 Å². The van der Waals surface area contributed by atoms with Crippen molar-refractivity contribution in [3.63, 3.8) is 0 Å². The Labute approximate surface area is 114 Å². The molecule has 1 aliphatic rings. The lowest BCUT2D eigenvalue weighted by Crippen LogP contribution is -2.23. The third kappa shape index (κ3) is 1.91. The van der Waals surface area contributed by atoms with Crippen LogP contribution in [-0.2, 0) is 0 Å². The molecule has 0 N–H and O–H groups in total. The summed E-state index contributed by atoms with van der Waals surface area (Å²) < 4.78 is 6.10. The highest BCUT2D eigenvalue weighted by Gasteiger charge is 2.31. The average molecular weight is 254 g/mol. The van der Waals surface area contributed by atoms with E-state index in [9.17, 15) is 0 Å². The van der Waals surface area contributed by atoms with Gasteiger partial charge in [-0.15, -0.1) is 0 Å². The summed E-state index contributed by atoms with van der Waals surface area (Å²) in [4.78, 5) is 4.31. The number of rotatable bonds is 2. The Morgan fingerprint density at radius 2 is 1.74 bits per heavy atom. The molecule has 0 amide bonds. The fourth-order valence-electron chi connectivity index (χ4n) is 2.55. The molecule has 19 heavy (non-hydrogen) atoms. The van der Waals surface area contributed by atoms with E-state index in [0.29, 0.717) is 0 Å². The number of benzene rings is 2. The van der Waals surface area contributed by atoms with Crippen molar-refractivity contribution in [2.24, 2.45) is 0 Å². The van der Waals surface area contributed by atoms with Crippen LogP contribution >= 0.6 is 0 Å². The molecule has 2 aromatic carbocycles. The third-order valence-electron chi connectivity index (χ3n) is 3.49. The van der Waals surface area contributed by atoms with Crippen LogP contribution in [0.4, 0.5) is 11.4 Å². The van der Waals surface area contributed by atoms with E-state index in [1.54, 1.807) is 0 Å². The number of anilines is 2. The second kappa shape index (κ2) is 4.50. The van der Waals surface area contributed by atoms with Gasteiger partial charge in [-0.3, -0.25) is 0 Å². The van der Waals surface area contributed by atoms with Gasteiger partial charge in [0.1, 0.15) is 11.4 Å². The van der Waals surface area contributed by atoms with Crippen molar-refractivity contribution in [1.82, 2.24) is 0 Å². The van der Waals surface area contributed by atoms with Crippen molar-refractivity contribution < 1.29 is 4.74 Å². The number of hydrogen-bond donors (Lipinski definition) is 0. The zero-order valence-electron chi connectivity index (χ0n) is 11.5. The molecule has 0 saturated carbocycles. The summed E-state index contributed by atoms with van der Waals surface area (Å²) in [5, 5.41) is 0. The van der Waals surface area contributed by atoms with Gasteiger partial charge in [0.2, 0.25) is 0 Å². The standard InChI is InChI=1S/C16H18N2O/c1-17(2)13-10-7-11-14-15(13)18(3)16(19-14)12-8-5-4-6-9-12/h4-11,16H,1-3H3. The quantitative estimate of drug-likeness (QED) is 0.818. The number of ether oxygens (including phenoxy) is 1. The Balaban J connectivity index is 2.03. The number of para-hydroxylation sites is 1. The molecule has 3 heteroatoms. The summed E-state index contributed by atoms with van der Waals surface area (Å²) in [7, 11) is 6.19. The predicted molar refractivity (Wildman–Crippen MR) is 79.0 cm³/mol. The van der Waals surface area contributed by atoms with Crippen LogP contribution < -0.4 is 14.5 Å². The minimum atomic E-state index is -0.0442. The fraction of sp³-hybridized carbons (Fsp3) is 0.250. The molecule has 3 nitrogen and oxygen atoms in total. The highest BCUT2D eigenvalue weighted by Crippen LogP contribution is 2.47. The van der Waals surface area contributed by atoms with E-state index in [4.69, 9.17) is 4.74 Å². The molecule has 0 spiro atoms. The molecule has 0 saturated heterocycles. The first-order valence-corrected chi connectivity index (χ1v) is 6.43.